The molecule has 0 bridgehead atoms. The summed E-state index contributed by atoms with van der Waals surface area (Å²) in [6, 6.07) is 4.05. The van der Waals surface area contributed by atoms with E-state index in [1.807, 2.05) is 0 Å². The summed E-state index contributed by atoms with van der Waals surface area (Å²) in [7, 11) is 1.19. The number of nitrogen functional groups attached to an aromatic ring is 1. The maximum absolute atomic E-state index is 10.9. The van der Waals surface area contributed by atoms with Crippen molar-refractivity contribution < 1.29 is 24.9 Å². The number of phenols is 1. The second-order valence-electron chi connectivity index (χ2n) is 3.61. The van der Waals surface area contributed by atoms with Crippen LogP contribution in [0.5, 0.6) is 5.75 Å². The van der Waals surface area contributed by atoms with Crippen molar-refractivity contribution in [2.45, 2.75) is 18.6 Å². The highest BCUT2D eigenvalue weighted by atomic mass is 16.5. The number of benzene rings is 1. The number of phenolic OH excluding ortho intramolecular Hbond substituents is 1. The third kappa shape index (κ3) is 3.33. The zero-order chi connectivity index (χ0) is 13.0. The van der Waals surface area contributed by atoms with Crippen molar-refractivity contribution in [3.05, 3.63) is 23.8 Å². The molecule has 0 aliphatic heterocycles. The van der Waals surface area contributed by atoms with E-state index >= 15 is 0 Å². The van der Waals surface area contributed by atoms with E-state index in [1.165, 1.54) is 25.3 Å². The van der Waals surface area contributed by atoms with Gasteiger partial charge >= 0.3 is 5.97 Å². The summed E-state index contributed by atoms with van der Waals surface area (Å²) in [5.74, 6) is -0.730. The minimum absolute atomic E-state index is 0.0896. The van der Waals surface area contributed by atoms with E-state index in [9.17, 15) is 20.1 Å². The molecule has 0 saturated carbocycles. The summed E-state index contributed by atoms with van der Waals surface area (Å²) < 4.78 is 4.38. The van der Waals surface area contributed by atoms with Crippen LogP contribution in [0.2, 0.25) is 0 Å². The average Bonchev–Trinajstić information content (AvgIpc) is 2.31. The molecular formula is C11H15NO5. The Kier molecular flexibility index (Phi) is 4.30. The Hall–Kier alpha value is -1.79. The van der Waals surface area contributed by atoms with E-state index in [0.717, 1.165) is 0 Å². The van der Waals surface area contributed by atoms with Gasteiger partial charge in [0.1, 0.15) is 11.9 Å². The lowest BCUT2D eigenvalue weighted by atomic mass is 10.0. The topological polar surface area (TPSA) is 113 Å². The van der Waals surface area contributed by atoms with E-state index in [2.05, 4.69) is 4.74 Å². The summed E-state index contributed by atoms with van der Waals surface area (Å²) in [6.45, 7) is 0. The summed E-state index contributed by atoms with van der Waals surface area (Å²) in [5.41, 5.74) is 5.86. The van der Waals surface area contributed by atoms with Gasteiger partial charge in [0, 0.05) is 0 Å². The smallest absolute Gasteiger partial charge is 0.308 e. The molecule has 0 heterocycles. The van der Waals surface area contributed by atoms with E-state index in [1.54, 1.807) is 0 Å². The van der Waals surface area contributed by atoms with Crippen molar-refractivity contribution in [2.24, 2.45) is 0 Å². The fraction of sp³-hybridized carbons (Fsp3) is 0.364. The molecule has 1 aromatic rings. The first-order valence-electron chi connectivity index (χ1n) is 4.97. The molecule has 1 rings (SSSR count). The Bertz CT molecular complexity index is 407. The van der Waals surface area contributed by atoms with Crippen LogP contribution in [0, 0.1) is 0 Å². The van der Waals surface area contributed by atoms with E-state index in [-0.39, 0.29) is 17.9 Å². The van der Waals surface area contributed by atoms with Gasteiger partial charge in [-0.2, -0.15) is 0 Å². The Balaban J connectivity index is 2.77. The van der Waals surface area contributed by atoms with Gasteiger partial charge in [0.15, 0.2) is 0 Å². The summed E-state index contributed by atoms with van der Waals surface area (Å²) in [4.78, 5) is 10.9. The molecule has 0 saturated heterocycles. The highest BCUT2D eigenvalue weighted by Gasteiger charge is 2.22. The third-order valence-corrected chi connectivity index (χ3v) is 2.36. The number of aliphatic hydroxyl groups is 2. The van der Waals surface area contributed by atoms with E-state index < -0.39 is 18.2 Å². The van der Waals surface area contributed by atoms with Crippen molar-refractivity contribution in [3.8, 4) is 5.75 Å². The van der Waals surface area contributed by atoms with Crippen LogP contribution in [-0.4, -0.2) is 34.5 Å². The summed E-state index contributed by atoms with van der Waals surface area (Å²) in [5, 5.41) is 28.5. The van der Waals surface area contributed by atoms with Crippen LogP contribution in [0.25, 0.3) is 0 Å². The van der Waals surface area contributed by atoms with Crippen molar-refractivity contribution >= 4 is 11.7 Å². The molecule has 5 N–H and O–H groups in total. The van der Waals surface area contributed by atoms with Gasteiger partial charge < -0.3 is 25.8 Å². The zero-order valence-corrected chi connectivity index (χ0v) is 9.33. The Labute approximate surface area is 98.3 Å². The van der Waals surface area contributed by atoms with Crippen molar-refractivity contribution in [1.29, 1.82) is 0 Å². The molecule has 2 unspecified atom stereocenters. The number of nitrogens with two attached hydrogens (primary N) is 1. The molecule has 0 aliphatic rings. The number of hydrogen-bond donors (Lipinski definition) is 4. The predicted octanol–water partition coefficient (Wildman–Crippen LogP) is -0.0682. The molecule has 94 valence electrons. The Morgan fingerprint density at radius 1 is 1.47 bits per heavy atom. The number of carbonyl (C=O) groups excluding carboxylic acids is 1. The van der Waals surface area contributed by atoms with Gasteiger partial charge in [0.2, 0.25) is 0 Å². The first-order chi connectivity index (χ1) is 7.95. The number of ether oxygens (including phenoxy) is 1. The summed E-state index contributed by atoms with van der Waals surface area (Å²) in [6.07, 6.45) is -2.87. The molecule has 17 heavy (non-hydrogen) atoms. The van der Waals surface area contributed by atoms with Gasteiger partial charge in [-0.15, -0.1) is 0 Å². The van der Waals surface area contributed by atoms with Gasteiger partial charge in [0.05, 0.1) is 25.3 Å². The summed E-state index contributed by atoms with van der Waals surface area (Å²) >= 11 is 0. The minimum atomic E-state index is -1.29. The average molecular weight is 241 g/mol. The number of aliphatic hydroxyl groups excluding tert-OH is 2. The Morgan fingerprint density at radius 2 is 2.12 bits per heavy atom. The molecule has 0 fully saturated rings. The van der Waals surface area contributed by atoms with Gasteiger partial charge in [-0.05, 0) is 17.7 Å². The maximum Gasteiger partial charge on any atom is 0.308 e. The highest BCUT2D eigenvalue weighted by Crippen LogP contribution is 2.26. The van der Waals surface area contributed by atoms with Crippen LogP contribution in [0.1, 0.15) is 18.1 Å². The number of rotatable bonds is 4. The lowest BCUT2D eigenvalue weighted by Crippen LogP contribution is -2.22. The SMILES string of the molecule is COC(=O)CC(O)C(O)c1ccc(O)c(N)c1. The van der Waals surface area contributed by atoms with Crippen LogP contribution < -0.4 is 5.73 Å². The molecule has 0 amide bonds. The molecule has 0 aliphatic carbocycles. The molecule has 1 aromatic carbocycles. The van der Waals surface area contributed by atoms with Crippen molar-refractivity contribution in [2.75, 3.05) is 12.8 Å². The zero-order valence-electron chi connectivity index (χ0n) is 9.33. The second kappa shape index (κ2) is 5.51. The second-order valence-corrected chi connectivity index (χ2v) is 3.61. The number of hydrogen-bond acceptors (Lipinski definition) is 6. The van der Waals surface area contributed by atoms with Gasteiger partial charge in [-0.1, -0.05) is 6.07 Å². The molecule has 2 atom stereocenters. The van der Waals surface area contributed by atoms with E-state index in [0.29, 0.717) is 5.56 Å². The third-order valence-electron chi connectivity index (χ3n) is 2.36. The predicted molar refractivity (Wildman–Crippen MR) is 60.1 cm³/mol. The molecule has 0 aromatic heterocycles. The lowest BCUT2D eigenvalue weighted by Gasteiger charge is -2.17. The van der Waals surface area contributed by atoms with Crippen molar-refractivity contribution in [3.63, 3.8) is 0 Å². The van der Waals surface area contributed by atoms with E-state index in [4.69, 9.17) is 5.73 Å². The monoisotopic (exact) mass is 241 g/mol. The highest BCUT2D eigenvalue weighted by molar-refractivity contribution is 5.69. The van der Waals surface area contributed by atoms with Gasteiger partial charge in [-0.25, -0.2) is 0 Å². The molecular weight excluding hydrogens is 226 g/mol. The lowest BCUT2D eigenvalue weighted by molar-refractivity contribution is -0.144. The molecule has 6 nitrogen and oxygen atoms in total. The maximum atomic E-state index is 10.9. The largest absolute Gasteiger partial charge is 0.506 e. The Morgan fingerprint density at radius 3 is 2.65 bits per heavy atom. The first-order valence-corrected chi connectivity index (χ1v) is 4.97. The number of anilines is 1. The van der Waals surface area contributed by atoms with Crippen LogP contribution in [-0.2, 0) is 9.53 Å². The van der Waals surface area contributed by atoms with Gasteiger partial charge in [0.25, 0.3) is 0 Å². The van der Waals surface area contributed by atoms with Gasteiger partial charge in [-0.3, -0.25) is 4.79 Å². The normalized spacial score (nSPS) is 14.1. The number of esters is 1. The molecule has 6 heteroatoms. The minimum Gasteiger partial charge on any atom is -0.506 e. The fourth-order valence-corrected chi connectivity index (χ4v) is 1.34. The fourth-order valence-electron chi connectivity index (χ4n) is 1.34. The van der Waals surface area contributed by atoms with Crippen LogP contribution in [0.3, 0.4) is 0 Å². The van der Waals surface area contributed by atoms with Crippen LogP contribution in [0.15, 0.2) is 18.2 Å². The quantitative estimate of drug-likeness (QED) is 0.333. The molecule has 0 radical (unpaired) electrons. The standard InChI is InChI=1S/C11H15NO5/c1-17-10(15)5-9(14)11(16)6-2-3-8(13)7(12)4-6/h2-4,9,11,13-14,16H,5,12H2,1H3. The van der Waals surface area contributed by atoms with Crippen molar-refractivity contribution in [1.82, 2.24) is 0 Å². The first kappa shape index (κ1) is 13.3. The van der Waals surface area contributed by atoms with Crippen LogP contribution in [0.4, 0.5) is 5.69 Å². The number of carbonyl (C=O) groups is 1. The molecule has 0 spiro atoms. The van der Waals surface area contributed by atoms with Crippen LogP contribution >= 0.6 is 0 Å². The number of aromatic hydroxyl groups is 1. The number of methoxy groups -OCH3 is 1.